The smallest absolute Gasteiger partial charge is 0.125 e. The van der Waals surface area contributed by atoms with Gasteiger partial charge in [0.05, 0.1) is 23.5 Å². The van der Waals surface area contributed by atoms with E-state index in [1.54, 1.807) is 0 Å². The zero-order valence-corrected chi connectivity index (χ0v) is 10.2. The molecule has 4 nitrogen and oxygen atoms in total. The molecule has 1 aromatic carbocycles. The van der Waals surface area contributed by atoms with Gasteiger partial charge in [0.2, 0.25) is 0 Å². The molecule has 0 spiro atoms. The Balaban J connectivity index is 2.55. The predicted molar refractivity (Wildman–Crippen MR) is 59.9 cm³/mol. The molecule has 84 valence electrons. The summed E-state index contributed by atoms with van der Waals surface area (Å²) in [6, 6.07) is 2.46. The Bertz CT molecular complexity index is 508. The van der Waals surface area contributed by atoms with E-state index in [1.165, 1.54) is 23.0 Å². The number of halogens is 3. The maximum Gasteiger partial charge on any atom is 0.125 e. The number of aromatic nitrogens is 3. The lowest BCUT2D eigenvalue weighted by molar-refractivity contribution is 0.276. The summed E-state index contributed by atoms with van der Waals surface area (Å²) < 4.78 is 14.8. The van der Waals surface area contributed by atoms with Crippen molar-refractivity contribution in [2.75, 3.05) is 0 Å². The van der Waals surface area contributed by atoms with E-state index in [0.29, 0.717) is 15.9 Å². The highest BCUT2D eigenvalue weighted by molar-refractivity contribution is 9.10. The van der Waals surface area contributed by atoms with Crippen molar-refractivity contribution in [3.8, 4) is 5.69 Å². The molecular formula is C9H6BrClFN3O. The number of hydrogen-bond donors (Lipinski definition) is 1. The van der Waals surface area contributed by atoms with Crippen LogP contribution < -0.4 is 0 Å². The van der Waals surface area contributed by atoms with Crippen LogP contribution >= 0.6 is 27.5 Å². The molecule has 0 radical (unpaired) electrons. The summed E-state index contributed by atoms with van der Waals surface area (Å²) in [4.78, 5) is 0. The van der Waals surface area contributed by atoms with Crippen LogP contribution in [0, 0.1) is 5.82 Å². The third-order valence-electron chi connectivity index (χ3n) is 1.91. The van der Waals surface area contributed by atoms with Crippen LogP contribution in [0.5, 0.6) is 0 Å². The van der Waals surface area contributed by atoms with Crippen LogP contribution in [0.1, 0.15) is 5.69 Å². The van der Waals surface area contributed by atoms with Gasteiger partial charge in [-0.2, -0.15) is 0 Å². The Labute approximate surface area is 104 Å². The van der Waals surface area contributed by atoms with E-state index in [0.717, 1.165) is 0 Å². The maximum atomic E-state index is 13.0. The fraction of sp³-hybridized carbons (Fsp3) is 0.111. The van der Waals surface area contributed by atoms with E-state index in [9.17, 15) is 4.39 Å². The van der Waals surface area contributed by atoms with Crippen LogP contribution in [-0.4, -0.2) is 20.1 Å². The number of hydrogen-bond acceptors (Lipinski definition) is 3. The highest BCUT2D eigenvalue weighted by Gasteiger charge is 2.12. The van der Waals surface area contributed by atoms with E-state index in [-0.39, 0.29) is 11.6 Å². The Morgan fingerprint density at radius 2 is 2.25 bits per heavy atom. The molecule has 0 aliphatic rings. The highest BCUT2D eigenvalue weighted by atomic mass is 79.9. The van der Waals surface area contributed by atoms with Crippen molar-refractivity contribution in [3.05, 3.63) is 39.3 Å². The van der Waals surface area contributed by atoms with Gasteiger partial charge in [0.1, 0.15) is 11.5 Å². The molecule has 0 saturated carbocycles. The molecule has 0 aliphatic heterocycles. The maximum absolute atomic E-state index is 13.0. The van der Waals surface area contributed by atoms with Crippen LogP contribution in [0.25, 0.3) is 5.69 Å². The van der Waals surface area contributed by atoms with Crippen molar-refractivity contribution >= 4 is 27.5 Å². The summed E-state index contributed by atoms with van der Waals surface area (Å²) in [5.41, 5.74) is 0.891. The molecule has 7 heteroatoms. The number of rotatable bonds is 2. The van der Waals surface area contributed by atoms with Crippen LogP contribution in [-0.2, 0) is 6.61 Å². The zero-order chi connectivity index (χ0) is 11.7. The van der Waals surface area contributed by atoms with Crippen molar-refractivity contribution in [2.45, 2.75) is 6.61 Å². The van der Waals surface area contributed by atoms with Gasteiger partial charge in [-0.1, -0.05) is 16.8 Å². The van der Waals surface area contributed by atoms with Gasteiger partial charge < -0.3 is 5.11 Å². The highest BCUT2D eigenvalue weighted by Crippen LogP contribution is 2.29. The molecule has 0 aliphatic carbocycles. The second-order valence-electron chi connectivity index (χ2n) is 3.03. The van der Waals surface area contributed by atoms with E-state index in [2.05, 4.69) is 26.2 Å². The van der Waals surface area contributed by atoms with Crippen LogP contribution in [0.4, 0.5) is 4.39 Å². The van der Waals surface area contributed by atoms with Gasteiger partial charge in [-0.25, -0.2) is 9.07 Å². The normalized spacial score (nSPS) is 10.8. The average Bonchev–Trinajstić information content (AvgIpc) is 2.64. The molecule has 1 aromatic heterocycles. The molecule has 0 amide bonds. The first-order valence-corrected chi connectivity index (χ1v) is 5.46. The Kier molecular flexibility index (Phi) is 3.22. The first kappa shape index (κ1) is 11.5. The molecule has 2 aromatic rings. The van der Waals surface area contributed by atoms with Crippen molar-refractivity contribution in [2.24, 2.45) is 0 Å². The Morgan fingerprint density at radius 1 is 1.50 bits per heavy atom. The lowest BCUT2D eigenvalue weighted by atomic mass is 10.3. The van der Waals surface area contributed by atoms with Crippen LogP contribution in [0.3, 0.4) is 0 Å². The summed E-state index contributed by atoms with van der Waals surface area (Å²) in [5, 5.41) is 16.6. The van der Waals surface area contributed by atoms with Gasteiger partial charge in [0, 0.05) is 4.47 Å². The van der Waals surface area contributed by atoms with Crippen molar-refractivity contribution in [1.82, 2.24) is 15.0 Å². The monoisotopic (exact) mass is 305 g/mol. The zero-order valence-electron chi connectivity index (χ0n) is 7.86. The van der Waals surface area contributed by atoms with Gasteiger partial charge in [0.25, 0.3) is 0 Å². The van der Waals surface area contributed by atoms with E-state index < -0.39 is 5.82 Å². The first-order valence-electron chi connectivity index (χ1n) is 4.29. The minimum absolute atomic E-state index is 0.210. The summed E-state index contributed by atoms with van der Waals surface area (Å²) in [6.45, 7) is -0.212. The lowest BCUT2D eigenvalue weighted by Crippen LogP contribution is -1.98. The van der Waals surface area contributed by atoms with E-state index in [1.807, 2.05) is 0 Å². The molecular weight excluding hydrogens is 300 g/mol. The predicted octanol–water partition coefficient (Wildman–Crippen LogP) is 2.31. The first-order chi connectivity index (χ1) is 7.61. The molecule has 1 heterocycles. The lowest BCUT2D eigenvalue weighted by Gasteiger charge is -2.06. The minimum Gasteiger partial charge on any atom is -0.390 e. The standard InChI is InChI=1S/C9H6BrClFN3O/c10-7-1-5(12)2-8(11)9(7)15-3-6(4-16)13-14-15/h1-3,16H,4H2. The number of aliphatic hydroxyl groups is 1. The van der Waals surface area contributed by atoms with E-state index >= 15 is 0 Å². The molecule has 0 bridgehead atoms. The quantitative estimate of drug-likeness (QED) is 0.926. The van der Waals surface area contributed by atoms with Crippen molar-refractivity contribution in [1.29, 1.82) is 0 Å². The number of aliphatic hydroxyl groups excluding tert-OH is 1. The third-order valence-corrected chi connectivity index (χ3v) is 2.81. The number of benzene rings is 1. The molecule has 1 N–H and O–H groups in total. The molecule has 0 saturated heterocycles. The second kappa shape index (κ2) is 4.48. The largest absolute Gasteiger partial charge is 0.390 e. The topological polar surface area (TPSA) is 50.9 Å². The van der Waals surface area contributed by atoms with Crippen LogP contribution in [0.15, 0.2) is 22.8 Å². The van der Waals surface area contributed by atoms with Gasteiger partial charge in [0.15, 0.2) is 0 Å². The average molecular weight is 307 g/mol. The third kappa shape index (κ3) is 2.09. The van der Waals surface area contributed by atoms with Gasteiger partial charge in [-0.15, -0.1) is 5.10 Å². The van der Waals surface area contributed by atoms with Crippen molar-refractivity contribution in [3.63, 3.8) is 0 Å². The Morgan fingerprint density at radius 3 is 2.81 bits per heavy atom. The van der Waals surface area contributed by atoms with Crippen molar-refractivity contribution < 1.29 is 9.50 Å². The Hall–Kier alpha value is -0.980. The van der Waals surface area contributed by atoms with Crippen LogP contribution in [0.2, 0.25) is 5.02 Å². The fourth-order valence-corrected chi connectivity index (χ4v) is 2.25. The van der Waals surface area contributed by atoms with Gasteiger partial charge in [-0.3, -0.25) is 0 Å². The SMILES string of the molecule is OCc1cn(-c2c(Cl)cc(F)cc2Br)nn1. The minimum atomic E-state index is -0.442. The summed E-state index contributed by atoms with van der Waals surface area (Å²) >= 11 is 9.09. The number of nitrogens with zero attached hydrogens (tertiary/aromatic N) is 3. The molecule has 0 unspecified atom stereocenters. The summed E-state index contributed by atoms with van der Waals surface area (Å²) in [5.74, 6) is -0.442. The van der Waals surface area contributed by atoms with Gasteiger partial charge >= 0.3 is 0 Å². The fourth-order valence-electron chi connectivity index (χ4n) is 1.23. The van der Waals surface area contributed by atoms with E-state index in [4.69, 9.17) is 16.7 Å². The summed E-state index contributed by atoms with van der Waals surface area (Å²) in [7, 11) is 0. The second-order valence-corrected chi connectivity index (χ2v) is 4.29. The molecule has 0 fully saturated rings. The van der Waals surface area contributed by atoms with Gasteiger partial charge in [-0.05, 0) is 28.1 Å². The summed E-state index contributed by atoms with van der Waals surface area (Å²) in [6.07, 6.45) is 1.52. The molecule has 2 rings (SSSR count). The molecule has 0 atom stereocenters. The molecule has 16 heavy (non-hydrogen) atoms.